The molecular weight excluding hydrogens is 296 g/mol. The molecule has 0 saturated carbocycles. The molecule has 1 aliphatic carbocycles. The van der Waals surface area contributed by atoms with E-state index in [4.69, 9.17) is 0 Å². The number of carbonyl (C=O) groups is 2. The smallest absolute Gasteiger partial charge is 0.186 e. The standard InChI is InChI=1S/C22H20O2/c1-15(2)5-3-6-16-9-11-19-17(13-16)7-4-8-20(19)21-14-18(23)10-12-22(21)24/h4-5,7-14H,3,6H2,1-2H3. The maximum atomic E-state index is 12.1. The van der Waals surface area contributed by atoms with Crippen molar-refractivity contribution in [1.29, 1.82) is 0 Å². The van der Waals surface area contributed by atoms with Gasteiger partial charge < -0.3 is 0 Å². The van der Waals surface area contributed by atoms with Gasteiger partial charge in [0, 0.05) is 5.57 Å². The molecule has 2 aromatic rings. The number of hydrogen-bond acceptors (Lipinski definition) is 2. The predicted molar refractivity (Wildman–Crippen MR) is 98.8 cm³/mol. The SMILES string of the molecule is CC(C)=CCCc1ccc2c(C3=CC(=O)C=CC3=O)cccc2c1. The van der Waals surface area contributed by atoms with Crippen molar-refractivity contribution < 1.29 is 9.59 Å². The van der Waals surface area contributed by atoms with E-state index in [0.29, 0.717) is 5.57 Å². The summed E-state index contributed by atoms with van der Waals surface area (Å²) >= 11 is 0. The first kappa shape index (κ1) is 16.1. The molecule has 2 aromatic carbocycles. The first-order chi connectivity index (χ1) is 11.5. The van der Waals surface area contributed by atoms with E-state index in [9.17, 15) is 9.59 Å². The van der Waals surface area contributed by atoms with Crippen molar-refractivity contribution in [2.45, 2.75) is 26.7 Å². The molecule has 0 heterocycles. The van der Waals surface area contributed by atoms with E-state index in [1.54, 1.807) is 0 Å². The molecule has 0 N–H and O–H groups in total. The highest BCUT2D eigenvalue weighted by Crippen LogP contribution is 2.28. The first-order valence-electron chi connectivity index (χ1n) is 8.18. The molecule has 2 nitrogen and oxygen atoms in total. The van der Waals surface area contributed by atoms with Gasteiger partial charge in [-0.2, -0.15) is 0 Å². The van der Waals surface area contributed by atoms with Gasteiger partial charge in [0.2, 0.25) is 0 Å². The molecule has 120 valence electrons. The van der Waals surface area contributed by atoms with Crippen LogP contribution < -0.4 is 0 Å². The van der Waals surface area contributed by atoms with E-state index >= 15 is 0 Å². The summed E-state index contributed by atoms with van der Waals surface area (Å²) in [5.74, 6) is -0.255. The van der Waals surface area contributed by atoms with E-state index in [0.717, 1.165) is 29.2 Å². The van der Waals surface area contributed by atoms with Crippen LogP contribution in [0.4, 0.5) is 0 Å². The van der Waals surface area contributed by atoms with Crippen LogP contribution in [0.15, 0.2) is 66.3 Å². The fourth-order valence-corrected chi connectivity index (χ4v) is 2.97. The van der Waals surface area contributed by atoms with Gasteiger partial charge in [-0.25, -0.2) is 0 Å². The monoisotopic (exact) mass is 316 g/mol. The molecule has 0 fully saturated rings. The number of allylic oxidation sites excluding steroid dienone is 6. The first-order valence-corrected chi connectivity index (χ1v) is 8.18. The molecule has 1 aliphatic rings. The quantitative estimate of drug-likeness (QED) is 0.598. The van der Waals surface area contributed by atoms with E-state index in [1.165, 1.54) is 29.4 Å². The van der Waals surface area contributed by atoms with Crippen LogP contribution in [0.1, 0.15) is 31.4 Å². The topological polar surface area (TPSA) is 34.1 Å². The Morgan fingerprint density at radius 3 is 2.67 bits per heavy atom. The number of hydrogen-bond donors (Lipinski definition) is 0. The lowest BCUT2D eigenvalue weighted by atomic mass is 9.91. The van der Waals surface area contributed by atoms with Gasteiger partial charge in [-0.15, -0.1) is 0 Å². The van der Waals surface area contributed by atoms with Gasteiger partial charge in [-0.3, -0.25) is 9.59 Å². The van der Waals surface area contributed by atoms with Crippen LogP contribution in [-0.4, -0.2) is 11.6 Å². The van der Waals surface area contributed by atoms with Crippen molar-refractivity contribution in [2.24, 2.45) is 0 Å². The lowest BCUT2D eigenvalue weighted by molar-refractivity contribution is -0.113. The summed E-state index contributed by atoms with van der Waals surface area (Å²) in [5.41, 5.74) is 3.91. The molecule has 24 heavy (non-hydrogen) atoms. The van der Waals surface area contributed by atoms with Crippen LogP contribution >= 0.6 is 0 Å². The fraction of sp³-hybridized carbons (Fsp3) is 0.182. The van der Waals surface area contributed by atoms with Gasteiger partial charge in [0.1, 0.15) is 0 Å². The highest BCUT2D eigenvalue weighted by molar-refractivity contribution is 6.35. The number of rotatable bonds is 4. The average molecular weight is 316 g/mol. The van der Waals surface area contributed by atoms with Crippen LogP contribution in [0.3, 0.4) is 0 Å². The van der Waals surface area contributed by atoms with Gasteiger partial charge in [0.15, 0.2) is 11.6 Å². The van der Waals surface area contributed by atoms with Gasteiger partial charge in [0.05, 0.1) is 0 Å². The summed E-state index contributed by atoms with van der Waals surface area (Å²) in [4.78, 5) is 23.8. The second kappa shape index (κ2) is 6.79. The van der Waals surface area contributed by atoms with Gasteiger partial charge in [-0.1, -0.05) is 48.0 Å². The summed E-state index contributed by atoms with van der Waals surface area (Å²) in [6.45, 7) is 4.22. The van der Waals surface area contributed by atoms with Crippen LogP contribution in [0.2, 0.25) is 0 Å². The van der Waals surface area contributed by atoms with Gasteiger partial charge in [-0.05, 0) is 66.8 Å². The fourth-order valence-electron chi connectivity index (χ4n) is 2.97. The highest BCUT2D eigenvalue weighted by atomic mass is 16.1. The van der Waals surface area contributed by atoms with Crippen molar-refractivity contribution in [3.63, 3.8) is 0 Å². The molecule has 0 aliphatic heterocycles. The number of ketones is 2. The lowest BCUT2D eigenvalue weighted by Gasteiger charge is -2.11. The summed E-state index contributed by atoms with van der Waals surface area (Å²) < 4.78 is 0. The van der Waals surface area contributed by atoms with Crippen molar-refractivity contribution in [2.75, 3.05) is 0 Å². The lowest BCUT2D eigenvalue weighted by Crippen LogP contribution is -2.07. The molecule has 0 bridgehead atoms. The molecule has 0 atom stereocenters. The average Bonchev–Trinajstić information content (AvgIpc) is 2.56. The van der Waals surface area contributed by atoms with Crippen molar-refractivity contribution >= 4 is 27.9 Å². The van der Waals surface area contributed by atoms with Gasteiger partial charge in [0.25, 0.3) is 0 Å². The zero-order valence-corrected chi connectivity index (χ0v) is 14.0. The van der Waals surface area contributed by atoms with Crippen LogP contribution in [0.25, 0.3) is 16.3 Å². The Morgan fingerprint density at radius 2 is 1.88 bits per heavy atom. The Labute approximate surface area is 142 Å². The third-order valence-corrected chi connectivity index (χ3v) is 4.17. The second-order valence-corrected chi connectivity index (χ2v) is 6.34. The minimum atomic E-state index is -0.139. The zero-order chi connectivity index (χ0) is 17.1. The van der Waals surface area contributed by atoms with E-state index < -0.39 is 0 Å². The van der Waals surface area contributed by atoms with Crippen LogP contribution in [0, 0.1) is 0 Å². The highest BCUT2D eigenvalue weighted by Gasteiger charge is 2.17. The number of benzene rings is 2. The molecule has 0 unspecified atom stereocenters. The molecule has 0 saturated heterocycles. The molecule has 0 amide bonds. The van der Waals surface area contributed by atoms with E-state index in [-0.39, 0.29) is 11.6 Å². The minimum Gasteiger partial charge on any atom is -0.290 e. The maximum Gasteiger partial charge on any atom is 0.186 e. The molecular formula is C22H20O2. The van der Waals surface area contributed by atoms with Crippen LogP contribution in [0.5, 0.6) is 0 Å². The maximum absolute atomic E-state index is 12.1. The van der Waals surface area contributed by atoms with Crippen molar-refractivity contribution in [3.05, 3.63) is 77.4 Å². The summed E-state index contributed by atoms with van der Waals surface area (Å²) in [5, 5.41) is 2.10. The second-order valence-electron chi connectivity index (χ2n) is 6.34. The normalized spacial score (nSPS) is 14.0. The van der Waals surface area contributed by atoms with Crippen LogP contribution in [-0.2, 0) is 16.0 Å². The molecule has 2 heteroatoms. The van der Waals surface area contributed by atoms with Crippen molar-refractivity contribution in [3.8, 4) is 0 Å². The molecule has 3 rings (SSSR count). The Kier molecular flexibility index (Phi) is 4.57. The van der Waals surface area contributed by atoms with Crippen molar-refractivity contribution in [1.82, 2.24) is 0 Å². The third-order valence-electron chi connectivity index (χ3n) is 4.17. The zero-order valence-electron chi connectivity index (χ0n) is 14.0. The summed E-state index contributed by atoms with van der Waals surface area (Å²) in [7, 11) is 0. The number of carbonyl (C=O) groups excluding carboxylic acids is 2. The summed E-state index contributed by atoms with van der Waals surface area (Å²) in [6.07, 6.45) is 8.36. The minimum absolute atomic E-state index is 0.116. The Hall–Kier alpha value is -2.74. The molecule has 0 radical (unpaired) electrons. The van der Waals surface area contributed by atoms with E-state index in [2.05, 4.69) is 44.2 Å². The number of aryl methyl sites for hydroxylation is 1. The predicted octanol–water partition coefficient (Wildman–Crippen LogP) is 4.83. The van der Waals surface area contributed by atoms with E-state index in [1.807, 2.05) is 12.1 Å². The molecule has 0 spiro atoms. The molecule has 0 aromatic heterocycles. The Bertz CT molecular complexity index is 907. The summed E-state index contributed by atoms with van der Waals surface area (Å²) in [6, 6.07) is 12.2. The van der Waals surface area contributed by atoms with Gasteiger partial charge >= 0.3 is 0 Å². The third kappa shape index (κ3) is 3.43. The Balaban J connectivity index is 1.98. The number of fused-ring (bicyclic) bond motifs is 1. The Morgan fingerprint density at radius 1 is 1.04 bits per heavy atom. The largest absolute Gasteiger partial charge is 0.290 e.